The Hall–Kier alpha value is -0.770. The second kappa shape index (κ2) is 5.71. The highest BCUT2D eigenvalue weighted by molar-refractivity contribution is 6.39. The van der Waals surface area contributed by atoms with Crippen LogP contribution in [-0.2, 0) is 4.79 Å². The molecule has 0 aromatic heterocycles. The Kier molecular flexibility index (Phi) is 4.26. The summed E-state index contributed by atoms with van der Waals surface area (Å²) >= 11 is 12.0. The quantitative estimate of drug-likeness (QED) is 0.869. The van der Waals surface area contributed by atoms with Gasteiger partial charge in [0.05, 0.1) is 21.8 Å². The molecule has 3 nitrogen and oxygen atoms in total. The van der Waals surface area contributed by atoms with Gasteiger partial charge in [0, 0.05) is 0 Å². The summed E-state index contributed by atoms with van der Waals surface area (Å²) in [7, 11) is 0. The Bertz CT molecular complexity index is 397. The molecular formula is C12H14Cl2N2O. The standard InChI is InChI=1S/C12H14Cl2N2O/c13-8-4-3-5-9(14)11(8)16-12(17)10-6-1-2-7-15-10/h3-5,10,15H,1-2,6-7H2,(H,16,17). The zero-order valence-corrected chi connectivity index (χ0v) is 10.8. The first kappa shape index (κ1) is 12.7. The fourth-order valence-corrected chi connectivity index (χ4v) is 2.40. The Morgan fingerprint density at radius 2 is 2.00 bits per heavy atom. The predicted octanol–water partition coefficient (Wildman–Crippen LogP) is 3.07. The first-order valence-corrected chi connectivity index (χ1v) is 6.42. The fraction of sp³-hybridized carbons (Fsp3) is 0.417. The molecule has 1 atom stereocenters. The third-order valence-electron chi connectivity index (χ3n) is 2.84. The number of halogens is 2. The lowest BCUT2D eigenvalue weighted by atomic mass is 10.0. The molecule has 5 heteroatoms. The molecule has 1 aromatic rings. The van der Waals surface area contributed by atoms with Crippen molar-refractivity contribution in [1.82, 2.24) is 5.32 Å². The largest absolute Gasteiger partial charge is 0.322 e. The summed E-state index contributed by atoms with van der Waals surface area (Å²) in [6.07, 6.45) is 3.05. The van der Waals surface area contributed by atoms with Crippen LogP contribution in [0.1, 0.15) is 19.3 Å². The number of benzene rings is 1. The summed E-state index contributed by atoms with van der Waals surface area (Å²) in [6.45, 7) is 0.883. The number of piperidine rings is 1. The van der Waals surface area contributed by atoms with Crippen molar-refractivity contribution in [2.45, 2.75) is 25.3 Å². The highest BCUT2D eigenvalue weighted by Gasteiger charge is 2.21. The lowest BCUT2D eigenvalue weighted by Gasteiger charge is -2.23. The van der Waals surface area contributed by atoms with Crippen LogP contribution in [0.2, 0.25) is 10.0 Å². The SMILES string of the molecule is O=C(Nc1c(Cl)cccc1Cl)C1CCCCN1. The third-order valence-corrected chi connectivity index (χ3v) is 3.47. The molecule has 2 N–H and O–H groups in total. The first-order chi connectivity index (χ1) is 8.18. The molecule has 1 aliphatic rings. The van der Waals surface area contributed by atoms with E-state index in [9.17, 15) is 4.79 Å². The van der Waals surface area contributed by atoms with E-state index in [1.54, 1.807) is 18.2 Å². The van der Waals surface area contributed by atoms with Crippen molar-refractivity contribution >= 4 is 34.8 Å². The van der Waals surface area contributed by atoms with Crippen LogP contribution >= 0.6 is 23.2 Å². The minimum absolute atomic E-state index is 0.0697. The maximum Gasteiger partial charge on any atom is 0.241 e. The van der Waals surface area contributed by atoms with Gasteiger partial charge < -0.3 is 10.6 Å². The van der Waals surface area contributed by atoms with Crippen molar-refractivity contribution in [3.8, 4) is 0 Å². The number of carbonyl (C=O) groups is 1. The Balaban J connectivity index is 2.07. The molecule has 1 aromatic carbocycles. The van der Waals surface area contributed by atoms with Crippen molar-refractivity contribution in [2.75, 3.05) is 11.9 Å². The van der Waals surface area contributed by atoms with Crippen LogP contribution in [0.15, 0.2) is 18.2 Å². The average molecular weight is 273 g/mol. The minimum Gasteiger partial charge on any atom is -0.322 e. The summed E-state index contributed by atoms with van der Waals surface area (Å²) < 4.78 is 0. The van der Waals surface area contributed by atoms with Crippen LogP contribution in [0.5, 0.6) is 0 Å². The van der Waals surface area contributed by atoms with Crippen LogP contribution in [-0.4, -0.2) is 18.5 Å². The predicted molar refractivity (Wildman–Crippen MR) is 70.7 cm³/mol. The molecule has 2 rings (SSSR count). The van der Waals surface area contributed by atoms with Gasteiger partial charge in [-0.25, -0.2) is 0 Å². The molecular weight excluding hydrogens is 259 g/mol. The summed E-state index contributed by atoms with van der Waals surface area (Å²) in [5.74, 6) is -0.0697. The zero-order valence-electron chi connectivity index (χ0n) is 9.30. The van der Waals surface area contributed by atoms with E-state index < -0.39 is 0 Å². The number of rotatable bonds is 2. The Labute approximate surface area is 110 Å². The van der Waals surface area contributed by atoms with Gasteiger partial charge in [0.25, 0.3) is 0 Å². The van der Waals surface area contributed by atoms with Crippen LogP contribution in [0, 0.1) is 0 Å². The van der Waals surface area contributed by atoms with Crippen molar-refractivity contribution in [3.63, 3.8) is 0 Å². The lowest BCUT2D eigenvalue weighted by Crippen LogP contribution is -2.43. The van der Waals surface area contributed by atoms with E-state index in [2.05, 4.69) is 10.6 Å². The van der Waals surface area contributed by atoms with E-state index in [1.165, 1.54) is 0 Å². The van der Waals surface area contributed by atoms with E-state index in [-0.39, 0.29) is 11.9 Å². The van der Waals surface area contributed by atoms with Crippen molar-refractivity contribution in [3.05, 3.63) is 28.2 Å². The molecule has 17 heavy (non-hydrogen) atoms. The van der Waals surface area contributed by atoms with Gasteiger partial charge in [0.2, 0.25) is 5.91 Å². The molecule has 0 radical (unpaired) electrons. The monoisotopic (exact) mass is 272 g/mol. The van der Waals surface area contributed by atoms with Crippen molar-refractivity contribution in [2.24, 2.45) is 0 Å². The van der Waals surface area contributed by atoms with E-state index >= 15 is 0 Å². The number of hydrogen-bond donors (Lipinski definition) is 2. The highest BCUT2D eigenvalue weighted by Crippen LogP contribution is 2.30. The van der Waals surface area contributed by atoms with E-state index in [0.717, 1.165) is 25.8 Å². The van der Waals surface area contributed by atoms with Gasteiger partial charge in [-0.3, -0.25) is 4.79 Å². The first-order valence-electron chi connectivity index (χ1n) is 5.67. The second-order valence-electron chi connectivity index (χ2n) is 4.09. The Morgan fingerprint density at radius 3 is 2.59 bits per heavy atom. The molecule has 1 unspecified atom stereocenters. The smallest absolute Gasteiger partial charge is 0.241 e. The summed E-state index contributed by atoms with van der Waals surface area (Å²) in [5.41, 5.74) is 0.494. The zero-order chi connectivity index (χ0) is 12.3. The van der Waals surface area contributed by atoms with Crippen LogP contribution < -0.4 is 10.6 Å². The normalized spacial score (nSPS) is 20.0. The summed E-state index contributed by atoms with van der Waals surface area (Å²) in [4.78, 5) is 12.0. The topological polar surface area (TPSA) is 41.1 Å². The van der Waals surface area contributed by atoms with Gasteiger partial charge in [-0.15, -0.1) is 0 Å². The molecule has 1 saturated heterocycles. The van der Waals surface area contributed by atoms with Gasteiger partial charge >= 0.3 is 0 Å². The lowest BCUT2D eigenvalue weighted by molar-refractivity contribution is -0.118. The molecule has 0 saturated carbocycles. The summed E-state index contributed by atoms with van der Waals surface area (Å²) in [6, 6.07) is 5.02. The molecule has 1 amide bonds. The minimum atomic E-state index is -0.143. The molecule has 0 spiro atoms. The number of carbonyl (C=O) groups excluding carboxylic acids is 1. The van der Waals surface area contributed by atoms with Crippen LogP contribution in [0.25, 0.3) is 0 Å². The van der Waals surface area contributed by atoms with E-state index in [1.807, 2.05) is 0 Å². The summed E-state index contributed by atoms with van der Waals surface area (Å²) in [5, 5.41) is 6.88. The second-order valence-corrected chi connectivity index (χ2v) is 4.90. The van der Waals surface area contributed by atoms with Crippen LogP contribution in [0.3, 0.4) is 0 Å². The molecule has 1 aliphatic heterocycles. The number of hydrogen-bond acceptors (Lipinski definition) is 2. The van der Waals surface area contributed by atoms with Crippen molar-refractivity contribution in [1.29, 1.82) is 0 Å². The van der Waals surface area contributed by atoms with Gasteiger partial charge in [0.1, 0.15) is 0 Å². The third kappa shape index (κ3) is 3.12. The van der Waals surface area contributed by atoms with Gasteiger partial charge in [-0.05, 0) is 31.5 Å². The number of amides is 1. The molecule has 0 bridgehead atoms. The fourth-order valence-electron chi connectivity index (χ4n) is 1.90. The number of anilines is 1. The molecule has 1 heterocycles. The number of para-hydroxylation sites is 1. The highest BCUT2D eigenvalue weighted by atomic mass is 35.5. The van der Waals surface area contributed by atoms with Gasteiger partial charge in [-0.2, -0.15) is 0 Å². The Morgan fingerprint density at radius 1 is 1.29 bits per heavy atom. The van der Waals surface area contributed by atoms with E-state index in [0.29, 0.717) is 15.7 Å². The molecule has 1 fully saturated rings. The van der Waals surface area contributed by atoms with E-state index in [4.69, 9.17) is 23.2 Å². The average Bonchev–Trinajstić information content (AvgIpc) is 2.35. The maximum atomic E-state index is 12.0. The van der Waals surface area contributed by atoms with Crippen LogP contribution in [0.4, 0.5) is 5.69 Å². The molecule has 92 valence electrons. The number of nitrogens with one attached hydrogen (secondary N) is 2. The van der Waals surface area contributed by atoms with Gasteiger partial charge in [-0.1, -0.05) is 35.7 Å². The maximum absolute atomic E-state index is 12.0. The molecule has 0 aliphatic carbocycles. The van der Waals surface area contributed by atoms with Crippen molar-refractivity contribution < 1.29 is 4.79 Å². The van der Waals surface area contributed by atoms with Gasteiger partial charge in [0.15, 0.2) is 0 Å².